The van der Waals surface area contributed by atoms with Crippen LogP contribution in [0.15, 0.2) is 78.9 Å². The Morgan fingerprint density at radius 2 is 1.81 bits per heavy atom. The molecule has 0 unspecified atom stereocenters. The molecule has 5 rings (SSSR count). The highest BCUT2D eigenvalue weighted by Crippen LogP contribution is 2.37. The SMILES string of the molecule is O=C(Nc1c2c(nn1-c1cccc(Cl)c1)CSC2)c1ccccc1Oc1ccccc1. The number of carbonyl (C=O) groups is 1. The number of rotatable bonds is 5. The molecule has 0 saturated heterocycles. The van der Waals surface area contributed by atoms with E-state index in [9.17, 15) is 4.79 Å². The van der Waals surface area contributed by atoms with Gasteiger partial charge in [0.1, 0.15) is 17.3 Å². The fourth-order valence-corrected chi connectivity index (χ4v) is 4.69. The molecule has 4 aromatic rings. The van der Waals surface area contributed by atoms with E-state index in [0.29, 0.717) is 27.9 Å². The first kappa shape index (κ1) is 19.7. The largest absolute Gasteiger partial charge is 0.457 e. The zero-order chi connectivity index (χ0) is 21.2. The molecule has 1 aliphatic heterocycles. The molecule has 0 fully saturated rings. The molecule has 1 amide bonds. The first-order valence-corrected chi connectivity index (χ1v) is 11.3. The van der Waals surface area contributed by atoms with Gasteiger partial charge in [0.2, 0.25) is 0 Å². The van der Waals surface area contributed by atoms with Crippen molar-refractivity contribution < 1.29 is 9.53 Å². The zero-order valence-corrected chi connectivity index (χ0v) is 18.0. The van der Waals surface area contributed by atoms with Crippen LogP contribution in [-0.2, 0) is 11.5 Å². The van der Waals surface area contributed by atoms with Gasteiger partial charge in [-0.3, -0.25) is 4.79 Å². The second-order valence-corrected chi connectivity index (χ2v) is 8.45. The van der Waals surface area contributed by atoms with Crippen LogP contribution in [0.4, 0.5) is 5.82 Å². The van der Waals surface area contributed by atoms with E-state index in [1.54, 1.807) is 28.6 Å². The van der Waals surface area contributed by atoms with Gasteiger partial charge in [-0.05, 0) is 42.5 Å². The number of halogens is 1. The van der Waals surface area contributed by atoms with E-state index < -0.39 is 0 Å². The van der Waals surface area contributed by atoms with Crippen molar-refractivity contribution in [2.45, 2.75) is 11.5 Å². The average molecular weight is 448 g/mol. The molecule has 154 valence electrons. The van der Waals surface area contributed by atoms with E-state index in [4.69, 9.17) is 21.4 Å². The molecule has 7 heteroatoms. The van der Waals surface area contributed by atoms with Crippen LogP contribution in [0.1, 0.15) is 21.6 Å². The van der Waals surface area contributed by atoms with Crippen molar-refractivity contribution >= 4 is 35.1 Å². The van der Waals surface area contributed by atoms with Gasteiger partial charge in [-0.2, -0.15) is 16.9 Å². The summed E-state index contributed by atoms with van der Waals surface area (Å²) in [6, 6.07) is 24.1. The van der Waals surface area contributed by atoms with Gasteiger partial charge in [-0.25, -0.2) is 4.68 Å². The van der Waals surface area contributed by atoms with Crippen molar-refractivity contribution in [1.29, 1.82) is 0 Å². The Morgan fingerprint density at radius 3 is 2.65 bits per heavy atom. The average Bonchev–Trinajstić information content (AvgIpc) is 3.37. The molecule has 0 radical (unpaired) electrons. The number of carbonyl (C=O) groups excluding carboxylic acids is 1. The Balaban J connectivity index is 1.50. The number of anilines is 1. The standard InChI is InChI=1S/C24H18ClN3O2S/c25-16-7-6-8-17(13-16)28-23(20-14-31-15-21(20)27-28)26-24(29)19-11-4-5-12-22(19)30-18-9-2-1-3-10-18/h1-13H,14-15H2,(H,26,29). The predicted molar refractivity (Wildman–Crippen MR) is 124 cm³/mol. The Bertz CT molecular complexity index is 1260. The quantitative estimate of drug-likeness (QED) is 0.389. The van der Waals surface area contributed by atoms with Crippen molar-refractivity contribution in [3.8, 4) is 17.2 Å². The van der Waals surface area contributed by atoms with Crippen LogP contribution >= 0.6 is 23.4 Å². The number of aromatic nitrogens is 2. The first-order valence-electron chi connectivity index (χ1n) is 9.77. The minimum atomic E-state index is -0.255. The lowest BCUT2D eigenvalue weighted by atomic mass is 10.1. The highest BCUT2D eigenvalue weighted by molar-refractivity contribution is 7.98. The Labute approximate surface area is 189 Å². The summed E-state index contributed by atoms with van der Waals surface area (Å²) in [4.78, 5) is 13.3. The van der Waals surface area contributed by atoms with Gasteiger partial charge in [0.25, 0.3) is 5.91 Å². The van der Waals surface area contributed by atoms with E-state index >= 15 is 0 Å². The summed E-state index contributed by atoms with van der Waals surface area (Å²) in [5.74, 6) is 3.19. The lowest BCUT2D eigenvalue weighted by Gasteiger charge is -2.14. The number of fused-ring (bicyclic) bond motifs is 1. The molecule has 0 atom stereocenters. The number of benzene rings is 3. The molecule has 0 aliphatic carbocycles. The summed E-state index contributed by atoms with van der Waals surface area (Å²) >= 11 is 7.97. The predicted octanol–water partition coefficient (Wildman–Crippen LogP) is 6.32. The number of ether oxygens (including phenoxy) is 1. The van der Waals surface area contributed by atoms with Crippen molar-refractivity contribution in [2.75, 3.05) is 5.32 Å². The normalized spacial score (nSPS) is 12.4. The third-order valence-corrected chi connectivity index (χ3v) is 6.14. The van der Waals surface area contributed by atoms with Crippen LogP contribution in [-0.4, -0.2) is 15.7 Å². The van der Waals surface area contributed by atoms with Crippen LogP contribution in [0.3, 0.4) is 0 Å². The molecule has 3 aromatic carbocycles. The second kappa shape index (κ2) is 8.49. The van der Waals surface area contributed by atoms with Gasteiger partial charge >= 0.3 is 0 Å². The number of nitrogens with zero attached hydrogens (tertiary/aromatic N) is 2. The fraction of sp³-hybridized carbons (Fsp3) is 0.0833. The monoisotopic (exact) mass is 447 g/mol. The topological polar surface area (TPSA) is 56.2 Å². The van der Waals surface area contributed by atoms with Gasteiger partial charge < -0.3 is 10.1 Å². The van der Waals surface area contributed by atoms with Gasteiger partial charge in [0.15, 0.2) is 0 Å². The van der Waals surface area contributed by atoms with Crippen molar-refractivity contribution in [2.24, 2.45) is 0 Å². The Hall–Kier alpha value is -3.22. The Morgan fingerprint density at radius 1 is 1.00 bits per heavy atom. The number of para-hydroxylation sites is 2. The molecular formula is C24H18ClN3O2S. The third kappa shape index (κ3) is 4.04. The number of nitrogens with one attached hydrogen (secondary N) is 1. The van der Waals surface area contributed by atoms with E-state index in [1.165, 1.54) is 0 Å². The number of hydrogen-bond acceptors (Lipinski definition) is 4. The molecule has 1 aliphatic rings. The van der Waals surface area contributed by atoms with Crippen LogP contribution in [0.5, 0.6) is 11.5 Å². The maximum absolute atomic E-state index is 13.3. The van der Waals surface area contributed by atoms with E-state index in [1.807, 2.05) is 66.7 Å². The molecule has 2 heterocycles. The molecule has 0 bridgehead atoms. The summed E-state index contributed by atoms with van der Waals surface area (Å²) in [5, 5.41) is 8.42. The molecule has 5 nitrogen and oxygen atoms in total. The molecule has 1 aromatic heterocycles. The van der Waals surface area contributed by atoms with Crippen LogP contribution in [0, 0.1) is 0 Å². The summed E-state index contributed by atoms with van der Waals surface area (Å²) < 4.78 is 7.73. The summed E-state index contributed by atoms with van der Waals surface area (Å²) in [6.07, 6.45) is 0. The molecular weight excluding hydrogens is 430 g/mol. The zero-order valence-electron chi connectivity index (χ0n) is 16.4. The van der Waals surface area contributed by atoms with Crippen LogP contribution in [0.25, 0.3) is 5.69 Å². The lowest BCUT2D eigenvalue weighted by molar-refractivity contribution is 0.102. The summed E-state index contributed by atoms with van der Waals surface area (Å²) in [5.41, 5.74) is 3.27. The van der Waals surface area contributed by atoms with Crippen molar-refractivity contribution in [3.05, 3.63) is 101 Å². The minimum absolute atomic E-state index is 0.255. The maximum Gasteiger partial charge on any atom is 0.260 e. The highest BCUT2D eigenvalue weighted by atomic mass is 35.5. The van der Waals surface area contributed by atoms with Crippen LogP contribution in [0.2, 0.25) is 5.02 Å². The fourth-order valence-electron chi connectivity index (χ4n) is 3.47. The lowest BCUT2D eigenvalue weighted by Crippen LogP contribution is -2.17. The van der Waals surface area contributed by atoms with Crippen molar-refractivity contribution in [3.63, 3.8) is 0 Å². The number of amides is 1. The molecule has 0 saturated carbocycles. The Kier molecular flexibility index (Phi) is 5.40. The van der Waals surface area contributed by atoms with Crippen LogP contribution < -0.4 is 10.1 Å². The number of hydrogen-bond donors (Lipinski definition) is 1. The first-order chi connectivity index (χ1) is 15.2. The van der Waals surface area contributed by atoms with Crippen molar-refractivity contribution in [1.82, 2.24) is 9.78 Å². The van der Waals surface area contributed by atoms with E-state index in [-0.39, 0.29) is 5.91 Å². The minimum Gasteiger partial charge on any atom is -0.457 e. The highest BCUT2D eigenvalue weighted by Gasteiger charge is 2.26. The molecule has 31 heavy (non-hydrogen) atoms. The maximum atomic E-state index is 13.3. The van der Waals surface area contributed by atoms with E-state index in [0.717, 1.165) is 28.5 Å². The second-order valence-electron chi connectivity index (χ2n) is 7.02. The summed E-state index contributed by atoms with van der Waals surface area (Å²) in [7, 11) is 0. The number of thioether (sulfide) groups is 1. The van der Waals surface area contributed by atoms with Gasteiger partial charge in [0.05, 0.1) is 16.9 Å². The molecule has 1 N–H and O–H groups in total. The smallest absolute Gasteiger partial charge is 0.260 e. The summed E-state index contributed by atoms with van der Waals surface area (Å²) in [6.45, 7) is 0. The third-order valence-electron chi connectivity index (χ3n) is 4.94. The van der Waals surface area contributed by atoms with Gasteiger partial charge in [-0.15, -0.1) is 0 Å². The van der Waals surface area contributed by atoms with Gasteiger partial charge in [-0.1, -0.05) is 48.0 Å². The molecule has 0 spiro atoms. The van der Waals surface area contributed by atoms with Gasteiger partial charge in [0, 0.05) is 22.1 Å². The van der Waals surface area contributed by atoms with E-state index in [2.05, 4.69) is 5.32 Å².